The van der Waals surface area contributed by atoms with Crippen molar-refractivity contribution >= 4 is 34.0 Å². The standard InChI is InChI=1S/C21H18ClF3N4O3/c1-11(19-28-29-20(31-19)13-9-15(10-13)32-21(23,24)25)6-7-26-18(30)17-4-2-12-8-14(22)3-5-16(12)27-17/h2-5,8,13,15H,1,6-7,9-10H2,(H,26,30)/t13-,15+. The average Bonchev–Trinajstić information content (AvgIpc) is 3.18. The van der Waals surface area contributed by atoms with Crippen LogP contribution in [-0.4, -0.2) is 40.1 Å². The number of pyridine rings is 1. The van der Waals surface area contributed by atoms with E-state index in [1.54, 1.807) is 30.3 Å². The van der Waals surface area contributed by atoms with Crippen LogP contribution in [0.3, 0.4) is 0 Å². The first kappa shape index (κ1) is 22.2. The van der Waals surface area contributed by atoms with Gasteiger partial charge in [-0.2, -0.15) is 0 Å². The van der Waals surface area contributed by atoms with Crippen LogP contribution >= 0.6 is 11.6 Å². The first-order valence-electron chi connectivity index (χ1n) is 9.78. The number of amides is 1. The van der Waals surface area contributed by atoms with Gasteiger partial charge in [0.05, 0.1) is 11.6 Å². The number of fused-ring (bicyclic) bond motifs is 1. The van der Waals surface area contributed by atoms with E-state index >= 15 is 0 Å². The number of rotatable bonds is 7. The van der Waals surface area contributed by atoms with E-state index in [-0.39, 0.29) is 48.7 Å². The predicted octanol–water partition coefficient (Wildman–Crippen LogP) is 4.89. The summed E-state index contributed by atoms with van der Waals surface area (Å²) < 4.78 is 46.1. The molecule has 0 aliphatic heterocycles. The van der Waals surface area contributed by atoms with Gasteiger partial charge >= 0.3 is 6.36 Å². The van der Waals surface area contributed by atoms with Gasteiger partial charge in [0.25, 0.3) is 5.91 Å². The summed E-state index contributed by atoms with van der Waals surface area (Å²) in [6.07, 6.45) is -4.87. The maximum absolute atomic E-state index is 12.4. The summed E-state index contributed by atoms with van der Waals surface area (Å²) >= 11 is 5.95. The van der Waals surface area contributed by atoms with Gasteiger partial charge in [0.1, 0.15) is 5.69 Å². The second kappa shape index (κ2) is 8.87. The van der Waals surface area contributed by atoms with E-state index in [0.29, 0.717) is 22.5 Å². The molecule has 0 saturated heterocycles. The molecule has 1 amide bonds. The minimum absolute atomic E-state index is 0.161. The van der Waals surface area contributed by atoms with Crippen molar-refractivity contribution in [2.45, 2.75) is 37.6 Å². The minimum atomic E-state index is -4.65. The number of halogens is 4. The molecule has 1 aromatic carbocycles. The Bertz CT molecular complexity index is 1160. The SMILES string of the molecule is C=C(CCNC(=O)c1ccc2cc(Cl)ccc2n1)c1nnc([C@H]2C[C@@H](OC(F)(F)F)C2)o1. The molecule has 1 fully saturated rings. The van der Waals surface area contributed by atoms with E-state index in [2.05, 4.69) is 31.8 Å². The van der Waals surface area contributed by atoms with E-state index < -0.39 is 12.5 Å². The van der Waals surface area contributed by atoms with E-state index in [0.717, 1.165) is 5.39 Å². The van der Waals surface area contributed by atoms with Gasteiger partial charge < -0.3 is 9.73 Å². The Hall–Kier alpha value is -2.98. The maximum Gasteiger partial charge on any atom is 0.522 e. The van der Waals surface area contributed by atoms with Crippen LogP contribution in [0.25, 0.3) is 16.5 Å². The molecule has 0 bridgehead atoms. The van der Waals surface area contributed by atoms with Crippen LogP contribution in [0, 0.1) is 0 Å². The third kappa shape index (κ3) is 5.25. The molecular formula is C21H18ClF3N4O3. The van der Waals surface area contributed by atoms with Gasteiger partial charge in [-0.25, -0.2) is 4.98 Å². The molecule has 1 aliphatic carbocycles. The van der Waals surface area contributed by atoms with Crippen molar-refractivity contribution in [1.29, 1.82) is 0 Å². The van der Waals surface area contributed by atoms with Crippen molar-refractivity contribution in [3.63, 3.8) is 0 Å². The summed E-state index contributed by atoms with van der Waals surface area (Å²) in [5, 5.41) is 12.0. The zero-order valence-electron chi connectivity index (χ0n) is 16.7. The van der Waals surface area contributed by atoms with E-state index in [9.17, 15) is 18.0 Å². The first-order chi connectivity index (χ1) is 15.2. The zero-order valence-corrected chi connectivity index (χ0v) is 17.4. The molecule has 0 unspecified atom stereocenters. The van der Waals surface area contributed by atoms with Crippen molar-refractivity contribution in [2.24, 2.45) is 0 Å². The summed E-state index contributed by atoms with van der Waals surface area (Å²) in [7, 11) is 0. The smallest absolute Gasteiger partial charge is 0.421 e. The Balaban J connectivity index is 1.26. The third-order valence-electron chi connectivity index (χ3n) is 5.08. The molecule has 2 aromatic heterocycles. The van der Waals surface area contributed by atoms with Crippen molar-refractivity contribution in [3.05, 3.63) is 59.4 Å². The predicted molar refractivity (Wildman–Crippen MR) is 110 cm³/mol. The van der Waals surface area contributed by atoms with Gasteiger partial charge in [0.2, 0.25) is 11.8 Å². The van der Waals surface area contributed by atoms with Gasteiger partial charge in [-0.1, -0.05) is 24.2 Å². The molecular weight excluding hydrogens is 449 g/mol. The number of aromatic nitrogens is 3. The quantitative estimate of drug-likeness (QED) is 0.533. The number of ether oxygens (including phenoxy) is 1. The van der Waals surface area contributed by atoms with Crippen LogP contribution in [0.1, 0.15) is 47.5 Å². The van der Waals surface area contributed by atoms with Crippen molar-refractivity contribution in [3.8, 4) is 0 Å². The van der Waals surface area contributed by atoms with Gasteiger partial charge in [-0.15, -0.1) is 23.4 Å². The highest BCUT2D eigenvalue weighted by Crippen LogP contribution is 2.41. The lowest BCUT2D eigenvalue weighted by Gasteiger charge is -2.32. The fraction of sp³-hybridized carbons (Fsp3) is 0.333. The number of hydrogen-bond acceptors (Lipinski definition) is 6. The Morgan fingerprint density at radius 1 is 1.25 bits per heavy atom. The van der Waals surface area contributed by atoms with Crippen LogP contribution < -0.4 is 5.32 Å². The summed E-state index contributed by atoms with van der Waals surface area (Å²) in [6.45, 7) is 4.14. The summed E-state index contributed by atoms with van der Waals surface area (Å²) in [4.78, 5) is 16.7. The molecule has 2 heterocycles. The van der Waals surface area contributed by atoms with Crippen LogP contribution in [0.15, 0.2) is 41.3 Å². The second-order valence-corrected chi connectivity index (χ2v) is 7.88. The Kier molecular flexibility index (Phi) is 6.16. The lowest BCUT2D eigenvalue weighted by molar-refractivity contribution is -0.352. The number of carbonyl (C=O) groups excluding carboxylic acids is 1. The molecule has 4 rings (SSSR count). The highest BCUT2D eigenvalue weighted by atomic mass is 35.5. The number of alkyl halides is 3. The van der Waals surface area contributed by atoms with E-state index in [1.165, 1.54) is 0 Å². The fourth-order valence-corrected chi connectivity index (χ4v) is 3.52. The molecule has 3 aromatic rings. The summed E-state index contributed by atoms with van der Waals surface area (Å²) in [5.41, 5.74) is 1.43. The number of carbonyl (C=O) groups is 1. The largest absolute Gasteiger partial charge is 0.522 e. The first-order valence-corrected chi connectivity index (χ1v) is 10.2. The van der Waals surface area contributed by atoms with E-state index in [1.807, 2.05) is 0 Å². The molecule has 32 heavy (non-hydrogen) atoms. The molecule has 0 spiro atoms. The fourth-order valence-electron chi connectivity index (χ4n) is 3.34. The lowest BCUT2D eigenvalue weighted by Crippen LogP contribution is -2.34. The van der Waals surface area contributed by atoms with Crippen molar-refractivity contribution in [2.75, 3.05) is 6.54 Å². The minimum Gasteiger partial charge on any atom is -0.421 e. The van der Waals surface area contributed by atoms with Crippen LogP contribution in [-0.2, 0) is 4.74 Å². The summed E-state index contributed by atoms with van der Waals surface area (Å²) in [5.74, 6) is -0.168. The van der Waals surface area contributed by atoms with Gasteiger partial charge in [0.15, 0.2) is 0 Å². The molecule has 0 atom stereocenters. The van der Waals surface area contributed by atoms with Gasteiger partial charge in [-0.3, -0.25) is 9.53 Å². The highest BCUT2D eigenvalue weighted by Gasteiger charge is 2.42. The normalized spacial score (nSPS) is 18.4. The Morgan fingerprint density at radius 2 is 2.03 bits per heavy atom. The molecule has 11 heteroatoms. The van der Waals surface area contributed by atoms with Gasteiger partial charge in [-0.05, 0) is 43.5 Å². The van der Waals surface area contributed by atoms with Crippen LogP contribution in [0.5, 0.6) is 0 Å². The third-order valence-corrected chi connectivity index (χ3v) is 5.32. The Labute approximate surface area is 185 Å². The lowest BCUT2D eigenvalue weighted by atomic mass is 9.82. The second-order valence-electron chi connectivity index (χ2n) is 7.44. The maximum atomic E-state index is 12.4. The highest BCUT2D eigenvalue weighted by molar-refractivity contribution is 6.31. The number of benzene rings is 1. The molecule has 0 radical (unpaired) electrons. The number of nitrogens with zero attached hydrogens (tertiary/aromatic N) is 3. The van der Waals surface area contributed by atoms with E-state index in [4.69, 9.17) is 16.0 Å². The monoisotopic (exact) mass is 466 g/mol. The van der Waals surface area contributed by atoms with Crippen molar-refractivity contribution in [1.82, 2.24) is 20.5 Å². The molecule has 1 saturated carbocycles. The van der Waals surface area contributed by atoms with Gasteiger partial charge in [0, 0.05) is 28.4 Å². The average molecular weight is 467 g/mol. The summed E-state index contributed by atoms with van der Waals surface area (Å²) in [6, 6.07) is 8.59. The zero-order chi connectivity index (χ0) is 22.9. The molecule has 1 aliphatic rings. The molecule has 168 valence electrons. The van der Waals surface area contributed by atoms with Crippen LogP contribution in [0.4, 0.5) is 13.2 Å². The van der Waals surface area contributed by atoms with Crippen molar-refractivity contribution < 1.29 is 27.1 Å². The molecule has 7 nitrogen and oxygen atoms in total. The van der Waals surface area contributed by atoms with Crippen LogP contribution in [0.2, 0.25) is 5.02 Å². The number of nitrogens with one attached hydrogen (secondary N) is 1. The molecule has 1 N–H and O–H groups in total. The topological polar surface area (TPSA) is 90.1 Å². The number of hydrogen-bond donors (Lipinski definition) is 1. The Morgan fingerprint density at radius 3 is 2.78 bits per heavy atom.